The van der Waals surface area contributed by atoms with Gasteiger partial charge in [0.05, 0.1) is 6.61 Å². The van der Waals surface area contributed by atoms with Gasteiger partial charge in [-0.15, -0.1) is 24.0 Å². The number of nitrogens with zero attached hydrogens (tertiary/aromatic N) is 3. The molecule has 1 unspecified atom stereocenters. The van der Waals surface area contributed by atoms with Crippen LogP contribution in [0.2, 0.25) is 0 Å². The van der Waals surface area contributed by atoms with Gasteiger partial charge in [0.15, 0.2) is 5.96 Å². The monoisotopic (exact) mass is 444 g/mol. The Bertz CT molecular complexity index is 307. The first-order valence-corrected chi connectivity index (χ1v) is 9.00. The summed E-state index contributed by atoms with van der Waals surface area (Å²) in [5.74, 6) is 2.27. The molecule has 0 amide bonds. The van der Waals surface area contributed by atoms with Crippen LogP contribution in [0.1, 0.15) is 19.8 Å². The van der Waals surface area contributed by atoms with Crippen LogP contribution < -0.4 is 5.32 Å². The zero-order valence-corrected chi connectivity index (χ0v) is 17.7. The topological polar surface area (TPSA) is 40.1 Å². The number of thioether (sulfide) groups is 1. The van der Waals surface area contributed by atoms with Crippen LogP contribution in [0.3, 0.4) is 0 Å². The van der Waals surface area contributed by atoms with E-state index in [1.54, 1.807) is 7.11 Å². The van der Waals surface area contributed by atoms with Gasteiger partial charge in [-0.05, 0) is 26.4 Å². The lowest BCUT2D eigenvalue weighted by molar-refractivity contribution is 0.161. The molecule has 1 aliphatic heterocycles. The first-order chi connectivity index (χ1) is 10.2. The van der Waals surface area contributed by atoms with Crippen molar-refractivity contribution in [1.29, 1.82) is 0 Å². The van der Waals surface area contributed by atoms with Crippen molar-refractivity contribution in [3.63, 3.8) is 0 Å². The van der Waals surface area contributed by atoms with E-state index in [2.05, 4.69) is 45.8 Å². The molecule has 0 aromatic heterocycles. The van der Waals surface area contributed by atoms with Gasteiger partial charge >= 0.3 is 0 Å². The van der Waals surface area contributed by atoms with Crippen LogP contribution in [0.25, 0.3) is 0 Å². The summed E-state index contributed by atoms with van der Waals surface area (Å²) in [6, 6.07) is 0. The van der Waals surface area contributed by atoms with Crippen LogP contribution >= 0.6 is 35.7 Å². The van der Waals surface area contributed by atoms with Gasteiger partial charge in [0.2, 0.25) is 0 Å². The molecule has 0 spiro atoms. The Morgan fingerprint density at radius 2 is 2.23 bits per heavy atom. The van der Waals surface area contributed by atoms with Crippen molar-refractivity contribution in [3.8, 4) is 0 Å². The van der Waals surface area contributed by atoms with Gasteiger partial charge in [0.1, 0.15) is 0 Å². The smallest absolute Gasteiger partial charge is 0.193 e. The lowest BCUT2D eigenvalue weighted by Crippen LogP contribution is -2.48. The van der Waals surface area contributed by atoms with E-state index in [1.165, 1.54) is 12.2 Å². The second-order valence-electron chi connectivity index (χ2n) is 5.47. The van der Waals surface area contributed by atoms with Gasteiger partial charge < -0.3 is 19.9 Å². The molecule has 1 heterocycles. The number of guanidine groups is 1. The number of hydrogen-bond donors (Lipinski definition) is 1. The summed E-state index contributed by atoms with van der Waals surface area (Å²) in [7, 11) is 5.77. The minimum atomic E-state index is 0. The van der Waals surface area contributed by atoms with Gasteiger partial charge in [-0.3, -0.25) is 4.99 Å². The third-order valence-corrected chi connectivity index (χ3v) is 5.15. The van der Waals surface area contributed by atoms with Gasteiger partial charge in [-0.2, -0.15) is 11.8 Å². The zero-order chi connectivity index (χ0) is 15.5. The maximum absolute atomic E-state index is 5.09. The molecule has 0 bridgehead atoms. The van der Waals surface area contributed by atoms with Crippen LogP contribution in [-0.4, -0.2) is 87.3 Å². The molecule has 1 fully saturated rings. The molecule has 5 nitrogen and oxygen atoms in total. The number of ether oxygens (including phenoxy) is 1. The lowest BCUT2D eigenvalue weighted by atomic mass is 10.3. The number of likely N-dealkylation sites (N-methyl/N-ethyl adjacent to an activating group) is 1. The van der Waals surface area contributed by atoms with E-state index in [9.17, 15) is 0 Å². The van der Waals surface area contributed by atoms with E-state index in [0.717, 1.165) is 57.0 Å². The van der Waals surface area contributed by atoms with Gasteiger partial charge in [0, 0.05) is 51.3 Å². The molecular formula is C15H33IN4OS. The molecule has 132 valence electrons. The molecule has 0 aromatic carbocycles. The summed E-state index contributed by atoms with van der Waals surface area (Å²) in [5, 5.41) is 4.25. The van der Waals surface area contributed by atoms with Crippen LogP contribution in [0.4, 0.5) is 0 Å². The standard InChI is InChI=1S/C15H32N4OS.HI/c1-5-14-13-19(10-12-21-14)15(16-2)17-7-6-8-18(3)9-11-20-4;/h14H,5-13H2,1-4H3,(H,16,17);1H. The molecule has 0 aliphatic carbocycles. The second-order valence-corrected chi connectivity index (χ2v) is 6.88. The Labute approximate surface area is 157 Å². The Morgan fingerprint density at radius 3 is 2.86 bits per heavy atom. The molecule has 1 saturated heterocycles. The van der Waals surface area contributed by atoms with E-state index >= 15 is 0 Å². The van der Waals surface area contributed by atoms with Crippen molar-refractivity contribution in [2.45, 2.75) is 25.0 Å². The summed E-state index contributed by atoms with van der Waals surface area (Å²) in [6.45, 7) is 8.35. The third-order valence-electron chi connectivity index (χ3n) is 3.78. The SMILES string of the molecule is CCC1CN(C(=NC)NCCCN(C)CCOC)CCS1.I. The number of aliphatic imine (C=N–C) groups is 1. The number of hydrogen-bond acceptors (Lipinski definition) is 4. The fourth-order valence-electron chi connectivity index (χ4n) is 2.40. The van der Waals surface area contributed by atoms with E-state index in [0.29, 0.717) is 0 Å². The molecular weight excluding hydrogens is 411 g/mol. The minimum Gasteiger partial charge on any atom is -0.383 e. The van der Waals surface area contributed by atoms with Crippen LogP contribution in [-0.2, 0) is 4.74 Å². The largest absolute Gasteiger partial charge is 0.383 e. The molecule has 0 aromatic rings. The van der Waals surface area contributed by atoms with Crippen LogP contribution in [0.5, 0.6) is 0 Å². The molecule has 22 heavy (non-hydrogen) atoms. The maximum Gasteiger partial charge on any atom is 0.193 e. The predicted molar refractivity (Wildman–Crippen MR) is 109 cm³/mol. The summed E-state index contributed by atoms with van der Waals surface area (Å²) < 4.78 is 5.09. The Hall–Kier alpha value is 0.270. The van der Waals surface area contributed by atoms with Crippen LogP contribution in [0, 0.1) is 0 Å². The molecule has 1 atom stereocenters. The molecule has 0 saturated carbocycles. The summed E-state index contributed by atoms with van der Waals surface area (Å²) in [6.07, 6.45) is 2.36. The Balaban J connectivity index is 0.00000441. The van der Waals surface area contributed by atoms with Crippen molar-refractivity contribution in [1.82, 2.24) is 15.1 Å². The van der Waals surface area contributed by atoms with Crippen molar-refractivity contribution >= 4 is 41.7 Å². The van der Waals surface area contributed by atoms with Gasteiger partial charge in [-0.1, -0.05) is 6.92 Å². The molecule has 1 aliphatic rings. The molecule has 7 heteroatoms. The highest BCUT2D eigenvalue weighted by atomic mass is 127. The quantitative estimate of drug-likeness (QED) is 0.268. The number of nitrogens with one attached hydrogen (secondary N) is 1. The van der Waals surface area contributed by atoms with Crippen molar-refractivity contribution in [2.75, 3.05) is 66.3 Å². The fourth-order valence-corrected chi connectivity index (χ4v) is 3.58. The van der Waals surface area contributed by atoms with Gasteiger partial charge in [-0.25, -0.2) is 0 Å². The second kappa shape index (κ2) is 13.7. The van der Waals surface area contributed by atoms with Crippen LogP contribution in [0.15, 0.2) is 4.99 Å². The third kappa shape index (κ3) is 8.79. The highest BCUT2D eigenvalue weighted by Gasteiger charge is 2.21. The number of halogens is 1. The molecule has 1 rings (SSSR count). The normalized spacial score (nSPS) is 19.2. The minimum absolute atomic E-state index is 0. The van der Waals surface area contributed by atoms with Crippen molar-refractivity contribution < 1.29 is 4.74 Å². The van der Waals surface area contributed by atoms with E-state index in [-0.39, 0.29) is 24.0 Å². The van der Waals surface area contributed by atoms with Crippen molar-refractivity contribution in [3.05, 3.63) is 0 Å². The average Bonchev–Trinajstić information content (AvgIpc) is 2.53. The Morgan fingerprint density at radius 1 is 1.45 bits per heavy atom. The van der Waals surface area contributed by atoms with E-state index in [1.807, 2.05) is 7.05 Å². The molecule has 0 radical (unpaired) electrons. The number of rotatable bonds is 8. The summed E-state index contributed by atoms with van der Waals surface area (Å²) in [5.41, 5.74) is 0. The highest BCUT2D eigenvalue weighted by molar-refractivity contribution is 14.0. The highest BCUT2D eigenvalue weighted by Crippen LogP contribution is 2.20. The number of methoxy groups -OCH3 is 1. The van der Waals surface area contributed by atoms with E-state index < -0.39 is 0 Å². The maximum atomic E-state index is 5.09. The van der Waals surface area contributed by atoms with E-state index in [4.69, 9.17) is 4.74 Å². The predicted octanol–water partition coefficient (Wildman–Crippen LogP) is 1.98. The zero-order valence-electron chi connectivity index (χ0n) is 14.5. The first-order valence-electron chi connectivity index (χ1n) is 7.96. The summed E-state index contributed by atoms with van der Waals surface area (Å²) in [4.78, 5) is 9.14. The van der Waals surface area contributed by atoms with Gasteiger partial charge in [0.25, 0.3) is 0 Å². The van der Waals surface area contributed by atoms with Crippen molar-refractivity contribution in [2.24, 2.45) is 4.99 Å². The molecule has 1 N–H and O–H groups in total. The lowest BCUT2D eigenvalue weighted by Gasteiger charge is -2.34. The fraction of sp³-hybridized carbons (Fsp3) is 0.933. The average molecular weight is 444 g/mol. The Kier molecular flexibility index (Phi) is 13.9. The first kappa shape index (κ1) is 22.3. The summed E-state index contributed by atoms with van der Waals surface area (Å²) >= 11 is 2.09.